The topological polar surface area (TPSA) is 29.5 Å². The van der Waals surface area contributed by atoms with Crippen LogP contribution in [0, 0.1) is 12.7 Å². The Morgan fingerprint density at radius 3 is 3.05 bits per heavy atom. The van der Waals surface area contributed by atoms with Gasteiger partial charge in [0, 0.05) is 18.7 Å². The summed E-state index contributed by atoms with van der Waals surface area (Å²) in [5.41, 5.74) is 1.23. The average molecular weight is 265 g/mol. The van der Waals surface area contributed by atoms with Gasteiger partial charge < -0.3 is 4.74 Å². The number of carbonyl (C=O) groups is 1. The second-order valence-electron chi connectivity index (χ2n) is 4.98. The highest BCUT2D eigenvalue weighted by molar-refractivity contribution is 6.00. The van der Waals surface area contributed by atoms with Gasteiger partial charge in [0.05, 0.1) is 6.61 Å². The first kappa shape index (κ1) is 14.2. The van der Waals surface area contributed by atoms with Crippen molar-refractivity contribution < 1.29 is 13.9 Å². The van der Waals surface area contributed by atoms with Crippen LogP contribution in [0.4, 0.5) is 4.39 Å². The minimum Gasteiger partial charge on any atom is -0.367 e. The molecule has 19 heavy (non-hydrogen) atoms. The van der Waals surface area contributed by atoms with Crippen molar-refractivity contribution in [1.29, 1.82) is 0 Å². The monoisotopic (exact) mass is 265 g/mol. The van der Waals surface area contributed by atoms with Crippen molar-refractivity contribution in [3.05, 3.63) is 35.1 Å². The zero-order valence-electron chi connectivity index (χ0n) is 11.5. The van der Waals surface area contributed by atoms with Gasteiger partial charge in [0.25, 0.3) is 0 Å². The lowest BCUT2D eigenvalue weighted by atomic mass is 10.00. The van der Waals surface area contributed by atoms with E-state index in [9.17, 15) is 9.18 Å². The number of ketones is 1. The third-order valence-electron chi connectivity index (χ3n) is 3.45. The molecule has 0 saturated carbocycles. The fourth-order valence-corrected chi connectivity index (χ4v) is 2.41. The molecule has 0 bridgehead atoms. The first-order chi connectivity index (χ1) is 9.11. The molecule has 1 aliphatic heterocycles. The minimum absolute atomic E-state index is 0.113. The third-order valence-corrected chi connectivity index (χ3v) is 3.45. The molecule has 0 amide bonds. The molecule has 4 heteroatoms. The van der Waals surface area contributed by atoms with Crippen molar-refractivity contribution in [2.24, 2.45) is 0 Å². The summed E-state index contributed by atoms with van der Waals surface area (Å²) in [6.07, 6.45) is 0.584. The van der Waals surface area contributed by atoms with Crippen LogP contribution in [-0.4, -0.2) is 43.0 Å². The van der Waals surface area contributed by atoms with Gasteiger partial charge in [0.15, 0.2) is 5.78 Å². The van der Waals surface area contributed by atoms with Crippen molar-refractivity contribution in [2.75, 3.05) is 26.2 Å². The van der Waals surface area contributed by atoms with Crippen LogP contribution in [0.5, 0.6) is 0 Å². The summed E-state index contributed by atoms with van der Waals surface area (Å²) < 4.78 is 18.8. The standard InChI is InChI=1S/C15H20FNO2/c1-3-6-17-7-8-19-14(10-17)15(18)13-9-12(16)5-4-11(13)2/h4-5,9,14H,3,6-8,10H2,1-2H3. The van der Waals surface area contributed by atoms with Crippen LogP contribution in [-0.2, 0) is 4.74 Å². The van der Waals surface area contributed by atoms with Crippen LogP contribution in [0.1, 0.15) is 29.3 Å². The van der Waals surface area contributed by atoms with Crippen LogP contribution in [0.15, 0.2) is 18.2 Å². The van der Waals surface area contributed by atoms with E-state index in [0.717, 1.165) is 25.1 Å². The van der Waals surface area contributed by atoms with Gasteiger partial charge in [0.1, 0.15) is 11.9 Å². The Labute approximate surface area is 113 Å². The van der Waals surface area contributed by atoms with Crippen LogP contribution < -0.4 is 0 Å². The number of benzene rings is 1. The Kier molecular flexibility index (Phi) is 4.66. The summed E-state index contributed by atoms with van der Waals surface area (Å²) in [5, 5.41) is 0. The quantitative estimate of drug-likeness (QED) is 0.783. The first-order valence-electron chi connectivity index (χ1n) is 6.76. The third kappa shape index (κ3) is 3.39. The van der Waals surface area contributed by atoms with E-state index < -0.39 is 6.10 Å². The van der Waals surface area contributed by atoms with Gasteiger partial charge in [-0.15, -0.1) is 0 Å². The zero-order chi connectivity index (χ0) is 13.8. The Hall–Kier alpha value is -1.26. The van der Waals surface area contributed by atoms with Crippen LogP contribution in [0.25, 0.3) is 0 Å². The summed E-state index contributed by atoms with van der Waals surface area (Å²) in [5.74, 6) is -0.493. The second-order valence-corrected chi connectivity index (χ2v) is 4.98. The number of nitrogens with zero attached hydrogens (tertiary/aromatic N) is 1. The number of hydrogen-bond donors (Lipinski definition) is 0. The summed E-state index contributed by atoms with van der Waals surface area (Å²) in [4.78, 5) is 14.6. The maximum absolute atomic E-state index is 13.3. The van der Waals surface area contributed by atoms with Crippen molar-refractivity contribution in [3.63, 3.8) is 0 Å². The van der Waals surface area contributed by atoms with E-state index in [1.807, 2.05) is 6.92 Å². The second kappa shape index (κ2) is 6.26. The summed E-state index contributed by atoms with van der Waals surface area (Å²) in [7, 11) is 0. The molecule has 1 unspecified atom stereocenters. The maximum atomic E-state index is 13.3. The number of morpholine rings is 1. The van der Waals surface area contributed by atoms with E-state index >= 15 is 0 Å². The van der Waals surface area contributed by atoms with Gasteiger partial charge in [-0.25, -0.2) is 4.39 Å². The molecule has 1 heterocycles. The molecule has 0 aliphatic carbocycles. The van der Waals surface area contributed by atoms with Gasteiger partial charge in [-0.05, 0) is 37.6 Å². The molecule has 1 aromatic carbocycles. The molecule has 0 N–H and O–H groups in total. The smallest absolute Gasteiger partial charge is 0.193 e. The highest BCUT2D eigenvalue weighted by Gasteiger charge is 2.28. The van der Waals surface area contributed by atoms with Crippen LogP contribution >= 0.6 is 0 Å². The molecule has 0 radical (unpaired) electrons. The number of hydrogen-bond acceptors (Lipinski definition) is 3. The molecule has 1 aromatic rings. The van der Waals surface area contributed by atoms with Gasteiger partial charge in [-0.2, -0.15) is 0 Å². The molecule has 1 atom stereocenters. The fourth-order valence-electron chi connectivity index (χ4n) is 2.41. The van der Waals surface area contributed by atoms with E-state index in [4.69, 9.17) is 4.74 Å². The van der Waals surface area contributed by atoms with Crippen LogP contribution in [0.2, 0.25) is 0 Å². The number of rotatable bonds is 4. The summed E-state index contributed by atoms with van der Waals surface area (Å²) >= 11 is 0. The number of aryl methyl sites for hydroxylation is 1. The van der Waals surface area contributed by atoms with Crippen molar-refractivity contribution in [2.45, 2.75) is 26.4 Å². The lowest BCUT2D eigenvalue weighted by Crippen LogP contribution is -2.46. The highest BCUT2D eigenvalue weighted by Crippen LogP contribution is 2.16. The Balaban J connectivity index is 2.12. The lowest BCUT2D eigenvalue weighted by Gasteiger charge is -2.32. The Morgan fingerprint density at radius 1 is 1.53 bits per heavy atom. The molecule has 1 saturated heterocycles. The minimum atomic E-state index is -0.471. The van der Waals surface area contributed by atoms with Crippen molar-refractivity contribution in [1.82, 2.24) is 4.90 Å². The van der Waals surface area contributed by atoms with Gasteiger partial charge in [-0.1, -0.05) is 13.0 Å². The molecule has 0 aromatic heterocycles. The molecule has 1 fully saturated rings. The van der Waals surface area contributed by atoms with E-state index in [0.29, 0.717) is 18.7 Å². The van der Waals surface area contributed by atoms with Crippen molar-refractivity contribution >= 4 is 5.78 Å². The normalized spacial score (nSPS) is 20.5. The van der Waals surface area contributed by atoms with E-state index in [2.05, 4.69) is 11.8 Å². The molecular weight excluding hydrogens is 245 g/mol. The van der Waals surface area contributed by atoms with E-state index in [-0.39, 0.29) is 11.6 Å². The number of Topliss-reactive ketones (excluding diaryl/α,β-unsaturated/α-hetero) is 1. The number of carbonyl (C=O) groups excluding carboxylic acids is 1. The van der Waals surface area contributed by atoms with E-state index in [1.54, 1.807) is 6.07 Å². The van der Waals surface area contributed by atoms with Gasteiger partial charge in [-0.3, -0.25) is 9.69 Å². The molecule has 0 spiro atoms. The predicted molar refractivity (Wildman–Crippen MR) is 71.9 cm³/mol. The maximum Gasteiger partial charge on any atom is 0.193 e. The first-order valence-corrected chi connectivity index (χ1v) is 6.76. The zero-order valence-corrected chi connectivity index (χ0v) is 11.5. The Morgan fingerprint density at radius 2 is 2.32 bits per heavy atom. The molecule has 104 valence electrons. The molecular formula is C15H20FNO2. The predicted octanol–water partition coefficient (Wildman–Crippen LogP) is 2.43. The SMILES string of the molecule is CCCN1CCOC(C(=O)c2cc(F)ccc2C)C1. The van der Waals surface area contributed by atoms with Crippen molar-refractivity contribution in [3.8, 4) is 0 Å². The van der Waals surface area contributed by atoms with Gasteiger partial charge in [0.2, 0.25) is 0 Å². The molecule has 3 nitrogen and oxygen atoms in total. The van der Waals surface area contributed by atoms with E-state index in [1.165, 1.54) is 12.1 Å². The summed E-state index contributed by atoms with van der Waals surface area (Å²) in [6.45, 7) is 6.92. The largest absolute Gasteiger partial charge is 0.367 e. The van der Waals surface area contributed by atoms with Crippen LogP contribution in [0.3, 0.4) is 0 Å². The lowest BCUT2D eigenvalue weighted by molar-refractivity contribution is -0.0164. The number of halogens is 1. The number of ether oxygens (including phenoxy) is 1. The average Bonchev–Trinajstić information content (AvgIpc) is 2.41. The summed E-state index contributed by atoms with van der Waals surface area (Å²) in [6, 6.07) is 4.31. The molecule has 1 aliphatic rings. The fraction of sp³-hybridized carbons (Fsp3) is 0.533. The molecule has 2 rings (SSSR count). The Bertz CT molecular complexity index is 459. The van der Waals surface area contributed by atoms with Gasteiger partial charge >= 0.3 is 0 Å². The highest BCUT2D eigenvalue weighted by atomic mass is 19.1.